The van der Waals surface area contributed by atoms with Gasteiger partial charge in [0.25, 0.3) is 0 Å². The van der Waals surface area contributed by atoms with E-state index >= 15 is 0 Å². The SMILES string of the molecule is C=CC(C)[Si]OCCOCC. The lowest BCUT2D eigenvalue weighted by Gasteiger charge is -2.04. The standard InChI is InChI=1S/C8H16O2Si/c1-4-8(3)11-10-7-6-9-5-2/h4,8H,1,5-7H2,2-3H3. The molecule has 0 rings (SSSR count). The summed E-state index contributed by atoms with van der Waals surface area (Å²) < 4.78 is 10.4. The lowest BCUT2D eigenvalue weighted by Crippen LogP contribution is -2.09. The Balaban J connectivity index is 2.95. The quantitative estimate of drug-likeness (QED) is 0.330. The Morgan fingerprint density at radius 3 is 2.82 bits per heavy atom. The number of hydrogen-bond acceptors (Lipinski definition) is 2. The molecule has 0 aliphatic carbocycles. The zero-order valence-corrected chi connectivity index (χ0v) is 8.30. The van der Waals surface area contributed by atoms with Crippen molar-refractivity contribution < 1.29 is 9.16 Å². The van der Waals surface area contributed by atoms with Crippen molar-refractivity contribution in [3.05, 3.63) is 12.7 Å². The van der Waals surface area contributed by atoms with Gasteiger partial charge in [0.2, 0.25) is 9.76 Å². The van der Waals surface area contributed by atoms with Crippen LogP contribution in [0.3, 0.4) is 0 Å². The van der Waals surface area contributed by atoms with Crippen LogP contribution >= 0.6 is 0 Å². The summed E-state index contributed by atoms with van der Waals surface area (Å²) in [6.07, 6.45) is 1.90. The van der Waals surface area contributed by atoms with Crippen molar-refractivity contribution in [1.29, 1.82) is 0 Å². The summed E-state index contributed by atoms with van der Waals surface area (Å²) >= 11 is 0. The van der Waals surface area contributed by atoms with E-state index in [0.29, 0.717) is 28.5 Å². The number of rotatable bonds is 7. The van der Waals surface area contributed by atoms with E-state index in [0.717, 1.165) is 6.61 Å². The van der Waals surface area contributed by atoms with Gasteiger partial charge in [0.15, 0.2) is 0 Å². The molecule has 0 aromatic rings. The van der Waals surface area contributed by atoms with E-state index in [2.05, 4.69) is 13.5 Å². The predicted octanol–water partition coefficient (Wildman–Crippen LogP) is 1.65. The molecule has 0 aromatic carbocycles. The molecule has 11 heavy (non-hydrogen) atoms. The van der Waals surface area contributed by atoms with Crippen LogP contribution in [0.25, 0.3) is 0 Å². The largest absolute Gasteiger partial charge is 0.414 e. The van der Waals surface area contributed by atoms with Gasteiger partial charge >= 0.3 is 0 Å². The smallest absolute Gasteiger partial charge is 0.237 e. The highest BCUT2D eigenvalue weighted by atomic mass is 28.2. The van der Waals surface area contributed by atoms with Crippen molar-refractivity contribution in [2.75, 3.05) is 19.8 Å². The van der Waals surface area contributed by atoms with E-state index in [4.69, 9.17) is 9.16 Å². The van der Waals surface area contributed by atoms with Crippen molar-refractivity contribution >= 4 is 9.76 Å². The van der Waals surface area contributed by atoms with Gasteiger partial charge in [0.1, 0.15) is 0 Å². The molecule has 0 heterocycles. The molecule has 2 radical (unpaired) electrons. The van der Waals surface area contributed by atoms with Crippen LogP contribution in [-0.4, -0.2) is 29.6 Å². The van der Waals surface area contributed by atoms with Gasteiger partial charge in [-0.3, -0.25) is 0 Å². The lowest BCUT2D eigenvalue weighted by molar-refractivity contribution is 0.111. The second-order valence-electron chi connectivity index (χ2n) is 2.19. The third-order valence-corrected chi connectivity index (χ3v) is 2.13. The molecule has 0 amide bonds. The fourth-order valence-electron chi connectivity index (χ4n) is 0.483. The maximum Gasteiger partial charge on any atom is 0.237 e. The number of hydrogen-bond donors (Lipinski definition) is 0. The van der Waals surface area contributed by atoms with Crippen LogP contribution in [0.15, 0.2) is 12.7 Å². The maximum atomic E-state index is 5.32. The molecular weight excluding hydrogens is 156 g/mol. The van der Waals surface area contributed by atoms with Gasteiger partial charge in [0.05, 0.1) is 13.2 Å². The average Bonchev–Trinajstić information content (AvgIpc) is 2.04. The molecule has 0 spiro atoms. The minimum absolute atomic E-state index is 0.469. The molecule has 0 aliphatic heterocycles. The number of allylic oxidation sites excluding steroid dienone is 1. The van der Waals surface area contributed by atoms with Crippen LogP contribution in [0, 0.1) is 0 Å². The van der Waals surface area contributed by atoms with Gasteiger partial charge in [-0.1, -0.05) is 13.0 Å². The van der Waals surface area contributed by atoms with Gasteiger partial charge in [-0.25, -0.2) is 0 Å². The van der Waals surface area contributed by atoms with Crippen molar-refractivity contribution in [2.45, 2.75) is 19.4 Å². The molecule has 0 fully saturated rings. The molecule has 0 bridgehead atoms. The van der Waals surface area contributed by atoms with Crippen molar-refractivity contribution in [3.8, 4) is 0 Å². The summed E-state index contributed by atoms with van der Waals surface area (Å²) in [4.78, 5) is 0. The second-order valence-corrected chi connectivity index (χ2v) is 3.62. The topological polar surface area (TPSA) is 18.5 Å². The molecule has 0 saturated heterocycles. The van der Waals surface area contributed by atoms with Crippen molar-refractivity contribution in [2.24, 2.45) is 0 Å². The summed E-state index contributed by atoms with van der Waals surface area (Å²) in [5, 5.41) is 0. The Kier molecular flexibility index (Phi) is 7.89. The highest BCUT2D eigenvalue weighted by Gasteiger charge is 1.97. The monoisotopic (exact) mass is 172 g/mol. The summed E-state index contributed by atoms with van der Waals surface area (Å²) in [5.41, 5.74) is 0.469. The molecule has 64 valence electrons. The molecule has 1 atom stereocenters. The van der Waals surface area contributed by atoms with Gasteiger partial charge in [-0.2, -0.15) is 0 Å². The summed E-state index contributed by atoms with van der Waals surface area (Å²) in [6, 6.07) is 0. The molecule has 1 unspecified atom stereocenters. The normalized spacial score (nSPS) is 12.9. The Morgan fingerprint density at radius 2 is 2.27 bits per heavy atom. The highest BCUT2D eigenvalue weighted by Crippen LogP contribution is 2.00. The third kappa shape index (κ3) is 7.78. The molecule has 0 aliphatic rings. The average molecular weight is 172 g/mol. The van der Waals surface area contributed by atoms with Crippen LogP contribution in [0.2, 0.25) is 5.54 Å². The summed E-state index contributed by atoms with van der Waals surface area (Å²) in [7, 11) is 0.519. The van der Waals surface area contributed by atoms with Crippen LogP contribution in [0.1, 0.15) is 13.8 Å². The van der Waals surface area contributed by atoms with E-state index < -0.39 is 0 Å². The van der Waals surface area contributed by atoms with Crippen LogP contribution in [-0.2, 0) is 9.16 Å². The fourth-order valence-corrected chi connectivity index (χ4v) is 1.04. The molecule has 0 saturated carbocycles. The van der Waals surface area contributed by atoms with Gasteiger partial charge in [-0.15, -0.1) is 6.58 Å². The van der Waals surface area contributed by atoms with Crippen LogP contribution in [0.5, 0.6) is 0 Å². The predicted molar refractivity (Wildman–Crippen MR) is 47.8 cm³/mol. The summed E-state index contributed by atoms with van der Waals surface area (Å²) in [6.45, 7) is 9.91. The molecule has 0 aromatic heterocycles. The first-order valence-electron chi connectivity index (χ1n) is 3.88. The molecule has 2 nitrogen and oxygen atoms in total. The maximum absolute atomic E-state index is 5.32. The van der Waals surface area contributed by atoms with Crippen LogP contribution < -0.4 is 0 Å². The first kappa shape index (κ1) is 10.9. The van der Waals surface area contributed by atoms with E-state index in [9.17, 15) is 0 Å². The van der Waals surface area contributed by atoms with E-state index in [1.165, 1.54) is 0 Å². The minimum Gasteiger partial charge on any atom is -0.414 e. The zero-order valence-electron chi connectivity index (χ0n) is 7.30. The zero-order chi connectivity index (χ0) is 8.53. The Bertz CT molecular complexity index is 96.1. The molecule has 3 heteroatoms. The van der Waals surface area contributed by atoms with E-state index in [-0.39, 0.29) is 0 Å². The molecular formula is C8H16O2Si. The van der Waals surface area contributed by atoms with Gasteiger partial charge in [0, 0.05) is 6.61 Å². The minimum atomic E-state index is 0.469. The summed E-state index contributed by atoms with van der Waals surface area (Å²) in [5.74, 6) is 0. The highest BCUT2D eigenvalue weighted by molar-refractivity contribution is 6.30. The third-order valence-electron chi connectivity index (χ3n) is 1.16. The Hall–Kier alpha value is -0.123. The first-order valence-corrected chi connectivity index (χ1v) is 4.87. The van der Waals surface area contributed by atoms with Gasteiger partial charge in [-0.05, 0) is 12.5 Å². The second kappa shape index (κ2) is 7.98. The van der Waals surface area contributed by atoms with E-state index in [1.807, 2.05) is 13.0 Å². The van der Waals surface area contributed by atoms with Crippen molar-refractivity contribution in [3.63, 3.8) is 0 Å². The number of ether oxygens (including phenoxy) is 1. The first-order chi connectivity index (χ1) is 5.31. The van der Waals surface area contributed by atoms with Crippen LogP contribution in [0.4, 0.5) is 0 Å². The Morgan fingerprint density at radius 1 is 1.55 bits per heavy atom. The Labute approximate surface area is 71.5 Å². The van der Waals surface area contributed by atoms with Gasteiger partial charge < -0.3 is 9.16 Å². The van der Waals surface area contributed by atoms with Crippen molar-refractivity contribution in [1.82, 2.24) is 0 Å². The van der Waals surface area contributed by atoms with E-state index in [1.54, 1.807) is 0 Å². The molecule has 0 N–H and O–H groups in total. The lowest BCUT2D eigenvalue weighted by atomic mass is 10.5. The fraction of sp³-hybridized carbons (Fsp3) is 0.750.